The third-order valence-corrected chi connectivity index (χ3v) is 3.86. The van der Waals surface area contributed by atoms with E-state index in [0.717, 1.165) is 25.3 Å². The lowest BCUT2D eigenvalue weighted by molar-refractivity contribution is 0.643. The Bertz CT molecular complexity index is 583. The molecule has 4 nitrogen and oxygen atoms in total. The first-order valence-corrected chi connectivity index (χ1v) is 6.64. The maximum Gasteiger partial charge on any atom is 0.164 e. The van der Waals surface area contributed by atoms with E-state index in [1.54, 1.807) is 0 Å². The molecule has 18 heavy (non-hydrogen) atoms. The van der Waals surface area contributed by atoms with Gasteiger partial charge in [-0.15, -0.1) is 10.2 Å². The zero-order valence-corrected chi connectivity index (χ0v) is 10.3. The minimum Gasteiger partial charge on any atom is -0.312 e. The van der Waals surface area contributed by atoms with Crippen LogP contribution < -0.4 is 5.32 Å². The first-order valence-electron chi connectivity index (χ1n) is 6.64. The fraction of sp³-hybridized carbons (Fsp3) is 0.429. The van der Waals surface area contributed by atoms with Crippen LogP contribution in [0.2, 0.25) is 0 Å². The second kappa shape index (κ2) is 3.92. The highest BCUT2D eigenvalue weighted by Crippen LogP contribution is 2.37. The number of aromatic nitrogens is 3. The molecule has 2 aromatic rings. The highest BCUT2D eigenvalue weighted by Gasteiger charge is 2.26. The van der Waals surface area contributed by atoms with Crippen molar-refractivity contribution < 1.29 is 0 Å². The molecule has 4 rings (SSSR count). The zero-order chi connectivity index (χ0) is 11.9. The lowest BCUT2D eigenvalue weighted by Gasteiger charge is -2.17. The second-order valence-corrected chi connectivity index (χ2v) is 5.20. The molecule has 0 radical (unpaired) electrons. The molecule has 2 heterocycles. The molecule has 1 aromatic carbocycles. The van der Waals surface area contributed by atoms with E-state index in [0.29, 0.717) is 6.04 Å². The van der Waals surface area contributed by atoms with E-state index in [2.05, 4.69) is 38.3 Å². The molecule has 1 fully saturated rings. The lowest BCUT2D eigenvalue weighted by atomic mass is 9.98. The molecule has 1 aliphatic heterocycles. The van der Waals surface area contributed by atoms with Crippen LogP contribution in [0.25, 0.3) is 11.4 Å². The fourth-order valence-electron chi connectivity index (χ4n) is 2.69. The van der Waals surface area contributed by atoms with Gasteiger partial charge in [0, 0.05) is 18.2 Å². The summed E-state index contributed by atoms with van der Waals surface area (Å²) >= 11 is 0. The molecular weight excluding hydrogens is 224 g/mol. The average molecular weight is 240 g/mol. The Morgan fingerprint density at radius 3 is 3.06 bits per heavy atom. The number of benzene rings is 1. The number of fused-ring (bicyclic) bond motifs is 1. The van der Waals surface area contributed by atoms with Crippen LogP contribution in [-0.2, 0) is 13.0 Å². The van der Waals surface area contributed by atoms with Gasteiger partial charge in [0.2, 0.25) is 0 Å². The molecule has 92 valence electrons. The summed E-state index contributed by atoms with van der Waals surface area (Å²) in [6.45, 7) is 2.06. The van der Waals surface area contributed by atoms with Gasteiger partial charge in [0.05, 0.1) is 0 Å². The Morgan fingerprint density at radius 2 is 2.17 bits per heavy atom. The van der Waals surface area contributed by atoms with Crippen molar-refractivity contribution >= 4 is 0 Å². The fourth-order valence-corrected chi connectivity index (χ4v) is 2.69. The van der Waals surface area contributed by atoms with Crippen molar-refractivity contribution in [1.82, 2.24) is 20.1 Å². The van der Waals surface area contributed by atoms with Gasteiger partial charge in [-0.25, -0.2) is 0 Å². The van der Waals surface area contributed by atoms with E-state index in [4.69, 9.17) is 0 Å². The predicted octanol–water partition coefficient (Wildman–Crippen LogP) is 1.93. The van der Waals surface area contributed by atoms with Crippen molar-refractivity contribution in [2.75, 3.05) is 6.54 Å². The first kappa shape index (κ1) is 10.3. The van der Waals surface area contributed by atoms with E-state index in [-0.39, 0.29) is 0 Å². The first-order chi connectivity index (χ1) is 8.92. The highest BCUT2D eigenvalue weighted by molar-refractivity contribution is 5.58. The third-order valence-electron chi connectivity index (χ3n) is 3.86. The SMILES string of the molecule is c1cc2c(cc1-c1nncn1C1CC1)CNCC2. The molecule has 0 spiro atoms. The number of hydrogen-bond donors (Lipinski definition) is 1. The van der Waals surface area contributed by atoms with Crippen molar-refractivity contribution in [2.24, 2.45) is 0 Å². The van der Waals surface area contributed by atoms with Crippen molar-refractivity contribution in [1.29, 1.82) is 0 Å². The van der Waals surface area contributed by atoms with Gasteiger partial charge in [-0.3, -0.25) is 0 Å². The standard InChI is InChI=1S/C14H16N4/c1-2-11(7-12-8-15-6-5-10(1)12)14-17-16-9-18(14)13-3-4-13/h1-2,7,9,13,15H,3-6,8H2. The minimum atomic E-state index is 0.629. The summed E-state index contributed by atoms with van der Waals surface area (Å²) in [7, 11) is 0. The van der Waals surface area contributed by atoms with Crippen LogP contribution in [0, 0.1) is 0 Å². The topological polar surface area (TPSA) is 42.7 Å². The Labute approximate surface area is 106 Å². The Kier molecular flexibility index (Phi) is 2.23. The summed E-state index contributed by atoms with van der Waals surface area (Å²) in [6.07, 6.45) is 5.52. The molecule has 2 aliphatic rings. The van der Waals surface area contributed by atoms with Gasteiger partial charge in [0.25, 0.3) is 0 Å². The van der Waals surface area contributed by atoms with Crippen LogP contribution >= 0.6 is 0 Å². The summed E-state index contributed by atoms with van der Waals surface area (Å²) in [4.78, 5) is 0. The largest absolute Gasteiger partial charge is 0.312 e. The van der Waals surface area contributed by atoms with E-state index in [9.17, 15) is 0 Å². The Hall–Kier alpha value is -1.68. The van der Waals surface area contributed by atoms with Crippen LogP contribution in [0.15, 0.2) is 24.5 Å². The summed E-state index contributed by atoms with van der Waals surface area (Å²) in [5.74, 6) is 1.02. The zero-order valence-electron chi connectivity index (χ0n) is 10.3. The third kappa shape index (κ3) is 1.64. The number of rotatable bonds is 2. The van der Waals surface area contributed by atoms with Crippen LogP contribution in [0.4, 0.5) is 0 Å². The smallest absolute Gasteiger partial charge is 0.164 e. The summed E-state index contributed by atoms with van der Waals surface area (Å²) < 4.78 is 2.22. The highest BCUT2D eigenvalue weighted by atomic mass is 15.3. The van der Waals surface area contributed by atoms with Gasteiger partial charge in [-0.05, 0) is 43.0 Å². The minimum absolute atomic E-state index is 0.629. The molecule has 0 unspecified atom stereocenters. The molecule has 1 aromatic heterocycles. The van der Waals surface area contributed by atoms with Crippen LogP contribution in [0.5, 0.6) is 0 Å². The summed E-state index contributed by atoms with van der Waals surface area (Å²) in [5.41, 5.74) is 4.07. The number of nitrogens with one attached hydrogen (secondary N) is 1. The van der Waals surface area contributed by atoms with Crippen molar-refractivity contribution in [3.8, 4) is 11.4 Å². The van der Waals surface area contributed by atoms with E-state index >= 15 is 0 Å². The second-order valence-electron chi connectivity index (χ2n) is 5.20. The number of hydrogen-bond acceptors (Lipinski definition) is 3. The van der Waals surface area contributed by atoms with Gasteiger partial charge in [-0.1, -0.05) is 12.1 Å². The maximum absolute atomic E-state index is 4.29. The molecule has 0 bridgehead atoms. The van der Waals surface area contributed by atoms with Gasteiger partial charge in [-0.2, -0.15) is 0 Å². The lowest BCUT2D eigenvalue weighted by Crippen LogP contribution is -2.23. The van der Waals surface area contributed by atoms with Crippen LogP contribution in [-0.4, -0.2) is 21.3 Å². The van der Waals surface area contributed by atoms with E-state index < -0.39 is 0 Å². The Balaban J connectivity index is 1.77. The number of nitrogens with zero attached hydrogens (tertiary/aromatic N) is 3. The van der Waals surface area contributed by atoms with Crippen molar-refractivity contribution in [2.45, 2.75) is 31.8 Å². The Morgan fingerprint density at radius 1 is 1.22 bits per heavy atom. The quantitative estimate of drug-likeness (QED) is 0.872. The van der Waals surface area contributed by atoms with Crippen molar-refractivity contribution in [3.05, 3.63) is 35.7 Å². The predicted molar refractivity (Wildman–Crippen MR) is 69.1 cm³/mol. The maximum atomic E-state index is 4.29. The monoisotopic (exact) mass is 240 g/mol. The molecule has 0 amide bonds. The van der Waals surface area contributed by atoms with Crippen LogP contribution in [0.3, 0.4) is 0 Å². The van der Waals surface area contributed by atoms with Gasteiger partial charge in [0.15, 0.2) is 5.82 Å². The average Bonchev–Trinajstić information content (AvgIpc) is 3.16. The molecular formula is C14H16N4. The molecule has 0 atom stereocenters. The molecule has 1 aliphatic carbocycles. The van der Waals surface area contributed by atoms with E-state index in [1.807, 2.05) is 6.33 Å². The van der Waals surface area contributed by atoms with Gasteiger partial charge < -0.3 is 9.88 Å². The molecule has 1 N–H and O–H groups in total. The summed E-state index contributed by atoms with van der Waals surface area (Å²) in [6, 6.07) is 7.33. The van der Waals surface area contributed by atoms with Gasteiger partial charge >= 0.3 is 0 Å². The van der Waals surface area contributed by atoms with Crippen LogP contribution in [0.1, 0.15) is 30.0 Å². The molecule has 0 saturated heterocycles. The molecule has 1 saturated carbocycles. The summed E-state index contributed by atoms with van der Waals surface area (Å²) in [5, 5.41) is 11.8. The molecule has 4 heteroatoms. The van der Waals surface area contributed by atoms with Gasteiger partial charge in [0.1, 0.15) is 6.33 Å². The van der Waals surface area contributed by atoms with Crippen molar-refractivity contribution in [3.63, 3.8) is 0 Å². The normalized spacial score (nSPS) is 18.7. The van der Waals surface area contributed by atoms with E-state index in [1.165, 1.54) is 29.5 Å².